The van der Waals surface area contributed by atoms with E-state index in [0.29, 0.717) is 16.6 Å². The van der Waals surface area contributed by atoms with Crippen molar-refractivity contribution in [2.45, 2.75) is 94.8 Å². The number of aromatic hydroxyl groups is 1. The highest BCUT2D eigenvalue weighted by Gasteiger charge is 2.54. The first-order chi connectivity index (χ1) is 13.5. The summed E-state index contributed by atoms with van der Waals surface area (Å²) in [4.78, 5) is 0. The van der Waals surface area contributed by atoms with Crippen molar-refractivity contribution >= 4 is 0 Å². The van der Waals surface area contributed by atoms with Gasteiger partial charge >= 0.3 is 0 Å². The molecule has 1 heteroatoms. The highest BCUT2D eigenvalue weighted by atomic mass is 16.3. The van der Waals surface area contributed by atoms with Crippen LogP contribution >= 0.6 is 0 Å². The van der Waals surface area contributed by atoms with E-state index in [1.807, 2.05) is 0 Å². The second-order valence-corrected chi connectivity index (χ2v) is 12.6. The molecule has 0 aliphatic heterocycles. The average molecular weight is 377 g/mol. The molecule has 1 N–H and O–H groups in total. The second kappa shape index (κ2) is 5.38. The van der Waals surface area contributed by atoms with Crippen molar-refractivity contribution in [2.24, 2.45) is 35.5 Å². The number of benzene rings is 1. The second-order valence-electron chi connectivity index (χ2n) is 12.6. The number of phenols is 1. The maximum atomic E-state index is 11.4. The minimum atomic E-state index is 0.308. The highest BCUT2D eigenvalue weighted by Crippen LogP contribution is 2.64. The Hall–Kier alpha value is -0.980. The fourth-order valence-electron chi connectivity index (χ4n) is 10.6. The quantitative estimate of drug-likeness (QED) is 0.613. The zero-order chi connectivity index (χ0) is 18.7. The number of rotatable bonds is 2. The summed E-state index contributed by atoms with van der Waals surface area (Å²) in [6, 6.07) is 4.83. The van der Waals surface area contributed by atoms with Gasteiger partial charge in [0.15, 0.2) is 0 Å². The van der Waals surface area contributed by atoms with E-state index >= 15 is 0 Å². The molecule has 8 aliphatic rings. The van der Waals surface area contributed by atoms with E-state index in [2.05, 4.69) is 19.1 Å². The van der Waals surface area contributed by atoms with Gasteiger partial charge in [0, 0.05) is 11.0 Å². The third-order valence-corrected chi connectivity index (χ3v) is 10.5. The predicted octanol–water partition coefficient (Wildman–Crippen LogP) is 6.64. The summed E-state index contributed by atoms with van der Waals surface area (Å²) in [5.74, 6) is 6.39. The van der Waals surface area contributed by atoms with E-state index in [0.717, 1.165) is 35.5 Å². The van der Waals surface area contributed by atoms with Gasteiger partial charge < -0.3 is 5.11 Å². The lowest BCUT2D eigenvalue weighted by Gasteiger charge is -2.58. The molecule has 0 unspecified atom stereocenters. The maximum absolute atomic E-state index is 11.4. The van der Waals surface area contributed by atoms with Crippen molar-refractivity contribution in [1.29, 1.82) is 0 Å². The van der Waals surface area contributed by atoms with Gasteiger partial charge in [0.25, 0.3) is 0 Å². The fraction of sp³-hybridized carbons (Fsp3) is 0.778. The molecular formula is C27H36O. The normalized spacial score (nSPS) is 50.5. The first kappa shape index (κ1) is 16.8. The number of hydrogen-bond acceptors (Lipinski definition) is 1. The Morgan fingerprint density at radius 1 is 0.643 bits per heavy atom. The van der Waals surface area contributed by atoms with Crippen molar-refractivity contribution < 1.29 is 5.11 Å². The standard InChI is InChI=1S/C27H36O/c1-16-2-23(26-10-17-3-18(11-26)5-19(4-17)12-26)9-24(28)25(16)27-13-20-6-21(14-27)8-22(7-20)15-27/h2,9,17-22,28H,3-8,10-15H2,1H3. The summed E-state index contributed by atoms with van der Waals surface area (Å²) < 4.78 is 0. The monoisotopic (exact) mass is 376 g/mol. The molecule has 1 aromatic carbocycles. The molecule has 8 bridgehead atoms. The van der Waals surface area contributed by atoms with E-state index < -0.39 is 0 Å². The molecule has 0 saturated heterocycles. The van der Waals surface area contributed by atoms with Crippen LogP contribution in [0.25, 0.3) is 0 Å². The van der Waals surface area contributed by atoms with Crippen LogP contribution < -0.4 is 0 Å². The summed E-state index contributed by atoms with van der Waals surface area (Å²) >= 11 is 0. The van der Waals surface area contributed by atoms with Gasteiger partial charge in [-0.2, -0.15) is 0 Å². The lowest BCUT2D eigenvalue weighted by atomic mass is 9.46. The summed E-state index contributed by atoms with van der Waals surface area (Å²) in [6.45, 7) is 2.33. The van der Waals surface area contributed by atoms with Crippen LogP contribution in [-0.4, -0.2) is 5.11 Å². The average Bonchev–Trinajstić information content (AvgIpc) is 2.58. The predicted molar refractivity (Wildman–Crippen MR) is 113 cm³/mol. The largest absolute Gasteiger partial charge is 0.508 e. The summed E-state index contributed by atoms with van der Waals surface area (Å²) in [5.41, 5.74) is 5.02. The Morgan fingerprint density at radius 2 is 1.04 bits per heavy atom. The zero-order valence-corrected chi connectivity index (χ0v) is 17.6. The van der Waals surface area contributed by atoms with Gasteiger partial charge in [0.05, 0.1) is 0 Å². The van der Waals surface area contributed by atoms with Crippen LogP contribution in [-0.2, 0) is 10.8 Å². The molecule has 0 spiro atoms. The van der Waals surface area contributed by atoms with Gasteiger partial charge in [-0.25, -0.2) is 0 Å². The van der Waals surface area contributed by atoms with Crippen LogP contribution in [0.3, 0.4) is 0 Å². The number of aryl methyl sites for hydroxylation is 1. The van der Waals surface area contributed by atoms with Gasteiger partial charge in [-0.1, -0.05) is 6.07 Å². The maximum Gasteiger partial charge on any atom is 0.119 e. The topological polar surface area (TPSA) is 20.2 Å². The van der Waals surface area contributed by atoms with Crippen LogP contribution in [0, 0.1) is 42.4 Å². The first-order valence-electron chi connectivity index (χ1n) is 12.3. The molecule has 8 fully saturated rings. The van der Waals surface area contributed by atoms with Crippen molar-refractivity contribution in [1.82, 2.24) is 0 Å². The molecule has 0 radical (unpaired) electrons. The third kappa shape index (κ3) is 2.20. The molecule has 8 aliphatic carbocycles. The molecule has 8 saturated carbocycles. The van der Waals surface area contributed by atoms with Crippen LogP contribution in [0.5, 0.6) is 5.75 Å². The van der Waals surface area contributed by atoms with E-state index in [1.165, 1.54) is 93.7 Å². The van der Waals surface area contributed by atoms with Gasteiger partial charge in [-0.15, -0.1) is 0 Å². The Labute approximate surface area is 170 Å². The smallest absolute Gasteiger partial charge is 0.119 e. The molecule has 28 heavy (non-hydrogen) atoms. The van der Waals surface area contributed by atoms with Crippen LogP contribution in [0.2, 0.25) is 0 Å². The Morgan fingerprint density at radius 3 is 1.43 bits per heavy atom. The molecule has 0 heterocycles. The van der Waals surface area contributed by atoms with Crippen LogP contribution in [0.15, 0.2) is 12.1 Å². The van der Waals surface area contributed by atoms with Gasteiger partial charge in [0.2, 0.25) is 0 Å². The number of hydrogen-bond donors (Lipinski definition) is 1. The Bertz CT molecular complexity index is 739. The molecule has 9 rings (SSSR count). The molecule has 0 aromatic heterocycles. The van der Waals surface area contributed by atoms with E-state index in [-0.39, 0.29) is 0 Å². The van der Waals surface area contributed by atoms with Crippen molar-refractivity contribution in [3.05, 3.63) is 28.8 Å². The fourth-order valence-corrected chi connectivity index (χ4v) is 10.6. The van der Waals surface area contributed by atoms with Crippen molar-refractivity contribution in [3.63, 3.8) is 0 Å². The molecule has 1 aromatic rings. The molecular weight excluding hydrogens is 340 g/mol. The molecule has 1 nitrogen and oxygen atoms in total. The van der Waals surface area contributed by atoms with Gasteiger partial charge in [-0.05, 0) is 142 Å². The van der Waals surface area contributed by atoms with E-state index in [1.54, 1.807) is 0 Å². The van der Waals surface area contributed by atoms with Crippen molar-refractivity contribution in [3.8, 4) is 5.75 Å². The van der Waals surface area contributed by atoms with Gasteiger partial charge in [-0.3, -0.25) is 0 Å². The SMILES string of the molecule is Cc1cc(C23CC4CC(CC(C4)C2)C3)cc(O)c1C12CC3CC(CC(C3)C1)C2. The minimum Gasteiger partial charge on any atom is -0.508 e. The summed E-state index contributed by atoms with van der Waals surface area (Å²) in [7, 11) is 0. The van der Waals surface area contributed by atoms with E-state index in [4.69, 9.17) is 0 Å². The molecule has 0 atom stereocenters. The summed E-state index contributed by atoms with van der Waals surface area (Å²) in [5, 5.41) is 11.4. The zero-order valence-electron chi connectivity index (χ0n) is 17.6. The lowest BCUT2D eigenvalue weighted by molar-refractivity contribution is -0.00801. The highest BCUT2D eigenvalue weighted by molar-refractivity contribution is 5.50. The van der Waals surface area contributed by atoms with Gasteiger partial charge in [0.1, 0.15) is 5.75 Å². The van der Waals surface area contributed by atoms with Crippen molar-refractivity contribution in [2.75, 3.05) is 0 Å². The third-order valence-electron chi connectivity index (χ3n) is 10.5. The minimum absolute atomic E-state index is 0.308. The Balaban J connectivity index is 1.30. The Kier molecular flexibility index (Phi) is 3.22. The molecule has 0 amide bonds. The van der Waals surface area contributed by atoms with E-state index in [9.17, 15) is 5.11 Å². The lowest BCUT2D eigenvalue weighted by Crippen LogP contribution is -2.49. The first-order valence-corrected chi connectivity index (χ1v) is 12.3. The number of phenolic OH excluding ortho intramolecular Hbond substituents is 1. The molecule has 150 valence electrons. The van der Waals surface area contributed by atoms with Crippen LogP contribution in [0.4, 0.5) is 0 Å². The van der Waals surface area contributed by atoms with Crippen LogP contribution in [0.1, 0.15) is 93.7 Å². The summed E-state index contributed by atoms with van der Waals surface area (Å²) in [6.07, 6.45) is 17.2.